The van der Waals surface area contributed by atoms with E-state index in [4.69, 9.17) is 0 Å². The largest absolute Gasteiger partial charge is 0.340 e. The van der Waals surface area contributed by atoms with E-state index in [0.29, 0.717) is 0 Å². The third-order valence-electron chi connectivity index (χ3n) is 3.39. The summed E-state index contributed by atoms with van der Waals surface area (Å²) in [6.45, 7) is 1.57. The molecule has 0 aliphatic heterocycles. The van der Waals surface area contributed by atoms with Crippen molar-refractivity contribution in [3.05, 3.63) is 34.9 Å². The lowest BCUT2D eigenvalue weighted by Crippen LogP contribution is -2.32. The summed E-state index contributed by atoms with van der Waals surface area (Å²) in [5.41, 5.74) is 3.60. The van der Waals surface area contributed by atoms with E-state index >= 15 is 0 Å². The first kappa shape index (κ1) is 12.1. The number of benzene rings is 1. The highest BCUT2D eigenvalue weighted by molar-refractivity contribution is 5.94. The molecule has 0 fully saturated rings. The van der Waals surface area contributed by atoms with Gasteiger partial charge in [-0.25, -0.2) is 0 Å². The fraction of sp³-hybridized carbons (Fsp3) is 0.500. The molecule has 0 unspecified atom stereocenters. The lowest BCUT2D eigenvalue weighted by Gasteiger charge is -2.17. The highest BCUT2D eigenvalue weighted by atomic mass is 16.2. The molecule has 1 aliphatic carbocycles. The maximum Gasteiger partial charge on any atom is 0.253 e. The first-order valence-electron chi connectivity index (χ1n) is 6.24. The lowest BCUT2D eigenvalue weighted by atomic mass is 10.1. The molecule has 1 amide bonds. The number of carbonyl (C=O) groups excluding carboxylic acids is 1. The molecule has 0 bridgehead atoms. The highest BCUT2D eigenvalue weighted by Crippen LogP contribution is 2.23. The molecule has 0 spiro atoms. The van der Waals surface area contributed by atoms with Gasteiger partial charge in [-0.1, -0.05) is 6.07 Å². The molecule has 3 heteroatoms. The molecule has 1 aliphatic rings. The average molecular weight is 232 g/mol. The van der Waals surface area contributed by atoms with Crippen molar-refractivity contribution in [2.75, 3.05) is 27.2 Å². The Bertz CT molecular complexity index is 415. The van der Waals surface area contributed by atoms with Crippen molar-refractivity contribution in [2.24, 2.45) is 0 Å². The zero-order valence-electron chi connectivity index (χ0n) is 10.6. The van der Waals surface area contributed by atoms with E-state index in [1.807, 2.05) is 20.2 Å². The van der Waals surface area contributed by atoms with Crippen LogP contribution in [0.3, 0.4) is 0 Å². The summed E-state index contributed by atoms with van der Waals surface area (Å²) in [6, 6.07) is 6.14. The number of likely N-dealkylation sites (N-methyl/N-ethyl adjacent to an activating group) is 2. The van der Waals surface area contributed by atoms with Gasteiger partial charge in [0.1, 0.15) is 0 Å². The van der Waals surface area contributed by atoms with Crippen molar-refractivity contribution in [3.8, 4) is 0 Å². The quantitative estimate of drug-likeness (QED) is 0.852. The molecule has 2 rings (SSSR count). The van der Waals surface area contributed by atoms with Gasteiger partial charge in [-0.15, -0.1) is 0 Å². The predicted molar refractivity (Wildman–Crippen MR) is 69.4 cm³/mol. The maximum absolute atomic E-state index is 12.1. The van der Waals surface area contributed by atoms with Crippen LogP contribution in [0.25, 0.3) is 0 Å². The summed E-state index contributed by atoms with van der Waals surface area (Å²) in [6.07, 6.45) is 3.51. The normalized spacial score (nSPS) is 13.5. The van der Waals surface area contributed by atoms with E-state index in [-0.39, 0.29) is 5.91 Å². The van der Waals surface area contributed by atoms with Crippen LogP contribution in [0, 0.1) is 0 Å². The van der Waals surface area contributed by atoms with Crippen molar-refractivity contribution in [3.63, 3.8) is 0 Å². The molecule has 17 heavy (non-hydrogen) atoms. The SMILES string of the molecule is CNCCN(C)C(=O)c1ccc2c(c1)CCC2. The molecule has 3 nitrogen and oxygen atoms in total. The van der Waals surface area contributed by atoms with E-state index in [0.717, 1.165) is 25.1 Å². The van der Waals surface area contributed by atoms with E-state index in [1.54, 1.807) is 4.90 Å². The maximum atomic E-state index is 12.1. The van der Waals surface area contributed by atoms with Crippen LogP contribution in [0.15, 0.2) is 18.2 Å². The Balaban J connectivity index is 2.09. The zero-order valence-corrected chi connectivity index (χ0v) is 10.6. The second kappa shape index (κ2) is 5.32. The van der Waals surface area contributed by atoms with Crippen LogP contribution >= 0.6 is 0 Å². The topological polar surface area (TPSA) is 32.3 Å². The van der Waals surface area contributed by atoms with Crippen molar-refractivity contribution < 1.29 is 4.79 Å². The molecular weight excluding hydrogens is 212 g/mol. The van der Waals surface area contributed by atoms with Gasteiger partial charge < -0.3 is 10.2 Å². The van der Waals surface area contributed by atoms with E-state index < -0.39 is 0 Å². The molecule has 1 N–H and O–H groups in total. The van der Waals surface area contributed by atoms with E-state index in [9.17, 15) is 4.79 Å². The number of hydrogen-bond acceptors (Lipinski definition) is 2. The molecule has 0 atom stereocenters. The number of carbonyl (C=O) groups is 1. The van der Waals surface area contributed by atoms with E-state index in [2.05, 4.69) is 17.4 Å². The third-order valence-corrected chi connectivity index (χ3v) is 3.39. The van der Waals surface area contributed by atoms with Gasteiger partial charge in [-0.05, 0) is 49.6 Å². The van der Waals surface area contributed by atoms with Crippen molar-refractivity contribution in [2.45, 2.75) is 19.3 Å². The summed E-state index contributed by atoms with van der Waals surface area (Å²) in [7, 11) is 3.75. The standard InChI is InChI=1S/C14H20N2O/c1-15-8-9-16(2)14(17)13-7-6-11-4-3-5-12(11)10-13/h6-7,10,15H,3-5,8-9H2,1-2H3. The first-order chi connectivity index (χ1) is 8.22. The minimum Gasteiger partial charge on any atom is -0.340 e. The van der Waals surface area contributed by atoms with Crippen LogP contribution in [0.4, 0.5) is 0 Å². The van der Waals surface area contributed by atoms with Gasteiger partial charge in [0.25, 0.3) is 5.91 Å². The predicted octanol–water partition coefficient (Wildman–Crippen LogP) is 1.47. The monoisotopic (exact) mass is 232 g/mol. The van der Waals surface area contributed by atoms with Crippen LogP contribution in [0.5, 0.6) is 0 Å². The van der Waals surface area contributed by atoms with Crippen LogP contribution in [-0.4, -0.2) is 38.0 Å². The molecule has 0 aromatic heterocycles. The minimum atomic E-state index is 0.120. The number of hydrogen-bond donors (Lipinski definition) is 1. The van der Waals surface area contributed by atoms with Crippen LogP contribution in [0.1, 0.15) is 27.9 Å². The molecule has 92 valence electrons. The van der Waals surface area contributed by atoms with Crippen molar-refractivity contribution in [1.29, 1.82) is 0 Å². The summed E-state index contributed by atoms with van der Waals surface area (Å²) in [5.74, 6) is 0.120. The van der Waals surface area contributed by atoms with E-state index in [1.165, 1.54) is 24.0 Å². The van der Waals surface area contributed by atoms with Crippen molar-refractivity contribution in [1.82, 2.24) is 10.2 Å². The van der Waals surface area contributed by atoms with Crippen molar-refractivity contribution >= 4 is 5.91 Å². The van der Waals surface area contributed by atoms with Gasteiger partial charge in [0.2, 0.25) is 0 Å². The molecule has 0 radical (unpaired) electrons. The fourth-order valence-electron chi connectivity index (χ4n) is 2.31. The molecular formula is C14H20N2O. The van der Waals surface area contributed by atoms with Gasteiger partial charge in [-0.3, -0.25) is 4.79 Å². The number of nitrogens with one attached hydrogen (secondary N) is 1. The molecule has 0 saturated heterocycles. The minimum absolute atomic E-state index is 0.120. The van der Waals surface area contributed by atoms with Gasteiger partial charge in [0.05, 0.1) is 0 Å². The second-order valence-corrected chi connectivity index (χ2v) is 4.67. The fourth-order valence-corrected chi connectivity index (χ4v) is 2.31. The number of fused-ring (bicyclic) bond motifs is 1. The highest BCUT2D eigenvalue weighted by Gasteiger charge is 2.15. The third kappa shape index (κ3) is 2.67. The second-order valence-electron chi connectivity index (χ2n) is 4.67. The zero-order chi connectivity index (χ0) is 12.3. The first-order valence-corrected chi connectivity index (χ1v) is 6.24. The van der Waals surface area contributed by atoms with Crippen LogP contribution in [-0.2, 0) is 12.8 Å². The molecule has 1 aromatic rings. The summed E-state index contributed by atoms with van der Waals surface area (Å²) < 4.78 is 0. The summed E-state index contributed by atoms with van der Waals surface area (Å²) >= 11 is 0. The Hall–Kier alpha value is -1.35. The lowest BCUT2D eigenvalue weighted by molar-refractivity contribution is 0.0797. The Kier molecular flexibility index (Phi) is 3.79. The Morgan fingerprint density at radius 3 is 2.88 bits per heavy atom. The van der Waals surface area contributed by atoms with Gasteiger partial charge in [0, 0.05) is 25.7 Å². The number of rotatable bonds is 4. The van der Waals surface area contributed by atoms with Crippen LogP contribution < -0.4 is 5.32 Å². The number of amides is 1. The number of aryl methyl sites for hydroxylation is 2. The van der Waals surface area contributed by atoms with Gasteiger partial charge in [-0.2, -0.15) is 0 Å². The van der Waals surface area contributed by atoms with Gasteiger partial charge in [0.15, 0.2) is 0 Å². The van der Waals surface area contributed by atoms with Crippen LogP contribution in [0.2, 0.25) is 0 Å². The smallest absolute Gasteiger partial charge is 0.253 e. The van der Waals surface area contributed by atoms with Gasteiger partial charge >= 0.3 is 0 Å². The Labute approximate surface area is 103 Å². The molecule has 0 saturated carbocycles. The molecule has 1 aromatic carbocycles. The summed E-state index contributed by atoms with van der Waals surface area (Å²) in [4.78, 5) is 13.9. The summed E-state index contributed by atoms with van der Waals surface area (Å²) in [5, 5.41) is 3.05. The Morgan fingerprint density at radius 1 is 1.35 bits per heavy atom. The molecule has 0 heterocycles. The Morgan fingerprint density at radius 2 is 2.12 bits per heavy atom. The average Bonchev–Trinajstić information content (AvgIpc) is 2.81. The number of nitrogens with zero attached hydrogens (tertiary/aromatic N) is 1.